The quantitative estimate of drug-likeness (QED) is 0.476. The van der Waals surface area contributed by atoms with Crippen LogP contribution < -0.4 is 11.1 Å². The van der Waals surface area contributed by atoms with Crippen molar-refractivity contribution in [3.05, 3.63) is 53.8 Å². The Hall–Kier alpha value is -3.95. The summed E-state index contributed by atoms with van der Waals surface area (Å²) in [6.07, 6.45) is 5.69. The minimum absolute atomic E-state index is 0.119. The molecule has 32 heavy (non-hydrogen) atoms. The van der Waals surface area contributed by atoms with E-state index in [9.17, 15) is 4.79 Å². The molecule has 0 unspecified atom stereocenters. The van der Waals surface area contributed by atoms with E-state index in [4.69, 9.17) is 10.2 Å². The number of likely N-dealkylation sites (tertiary alicyclic amines) is 1. The van der Waals surface area contributed by atoms with Gasteiger partial charge in [-0.05, 0) is 55.5 Å². The molecule has 10 heteroatoms. The number of rotatable bonds is 6. The maximum atomic E-state index is 12.6. The fraction of sp³-hybridized carbons (Fsp3) is 0.318. The van der Waals surface area contributed by atoms with Gasteiger partial charge in [0, 0.05) is 25.2 Å². The zero-order valence-electron chi connectivity index (χ0n) is 17.6. The Morgan fingerprint density at radius 3 is 2.62 bits per heavy atom. The Labute approximate surface area is 184 Å². The van der Waals surface area contributed by atoms with Crippen LogP contribution in [0.2, 0.25) is 0 Å². The molecule has 0 radical (unpaired) electrons. The van der Waals surface area contributed by atoms with Gasteiger partial charge in [-0.3, -0.25) is 4.79 Å². The summed E-state index contributed by atoms with van der Waals surface area (Å²) in [4.78, 5) is 27.5. The van der Waals surface area contributed by atoms with E-state index in [2.05, 4.69) is 25.4 Å². The minimum Gasteiger partial charge on any atom is -0.461 e. The molecule has 4 aromatic rings. The number of nitrogen functional groups attached to an aromatic ring is 1. The second kappa shape index (κ2) is 8.66. The number of anilines is 2. The van der Waals surface area contributed by atoms with Crippen LogP contribution in [0.3, 0.4) is 0 Å². The summed E-state index contributed by atoms with van der Waals surface area (Å²) >= 11 is 0. The molecule has 0 bridgehead atoms. The summed E-state index contributed by atoms with van der Waals surface area (Å²) in [5.41, 5.74) is 7.87. The molecule has 0 atom stereocenters. The molecule has 1 aromatic carbocycles. The van der Waals surface area contributed by atoms with Crippen LogP contribution in [-0.2, 0) is 6.42 Å². The van der Waals surface area contributed by atoms with Gasteiger partial charge >= 0.3 is 0 Å². The number of carbonyl (C=O) groups excluding carboxylic acids is 1. The summed E-state index contributed by atoms with van der Waals surface area (Å²) in [6, 6.07) is 11.3. The van der Waals surface area contributed by atoms with Gasteiger partial charge in [-0.1, -0.05) is 12.1 Å². The highest BCUT2D eigenvalue weighted by molar-refractivity contribution is 5.94. The molecule has 0 saturated carbocycles. The van der Waals surface area contributed by atoms with Crippen molar-refractivity contribution in [2.75, 3.05) is 30.7 Å². The van der Waals surface area contributed by atoms with Crippen molar-refractivity contribution in [3.8, 4) is 11.6 Å². The average Bonchev–Trinajstić information content (AvgIpc) is 3.50. The highest BCUT2D eigenvalue weighted by Crippen LogP contribution is 2.18. The monoisotopic (exact) mass is 432 g/mol. The van der Waals surface area contributed by atoms with E-state index in [1.165, 1.54) is 10.9 Å². The Kier molecular flexibility index (Phi) is 5.40. The van der Waals surface area contributed by atoms with E-state index in [0.717, 1.165) is 43.5 Å². The van der Waals surface area contributed by atoms with E-state index >= 15 is 0 Å². The van der Waals surface area contributed by atoms with Crippen molar-refractivity contribution in [2.24, 2.45) is 0 Å². The van der Waals surface area contributed by atoms with Gasteiger partial charge in [0.05, 0.1) is 6.26 Å². The number of fused-ring (bicyclic) bond motifs is 1. The number of hydrogen-bond acceptors (Lipinski definition) is 8. The van der Waals surface area contributed by atoms with Crippen LogP contribution in [0.1, 0.15) is 35.2 Å². The van der Waals surface area contributed by atoms with Crippen molar-refractivity contribution < 1.29 is 9.21 Å². The zero-order chi connectivity index (χ0) is 21.9. The first-order chi connectivity index (χ1) is 15.7. The number of piperidine rings is 1. The molecule has 4 heterocycles. The smallest absolute Gasteiger partial charge is 0.259 e. The number of amides is 1. The van der Waals surface area contributed by atoms with Gasteiger partial charge in [0.25, 0.3) is 11.7 Å². The third-order valence-electron chi connectivity index (χ3n) is 5.52. The molecular formula is C22H24N8O2. The third-order valence-corrected chi connectivity index (χ3v) is 5.52. The summed E-state index contributed by atoms with van der Waals surface area (Å²) in [5, 5.41) is 7.46. The Bertz CT molecular complexity index is 1210. The largest absolute Gasteiger partial charge is 0.461 e. The number of aromatic nitrogens is 5. The number of benzene rings is 1. The molecule has 1 saturated heterocycles. The highest BCUT2D eigenvalue weighted by Gasteiger charge is 2.18. The van der Waals surface area contributed by atoms with Crippen molar-refractivity contribution in [1.82, 2.24) is 29.5 Å². The van der Waals surface area contributed by atoms with Gasteiger partial charge in [0.1, 0.15) is 0 Å². The SMILES string of the molecule is Nc1nc(NCCc2ccc(C(=O)N3CCCCC3)cc2)nc2nc(-c3ccco3)nn12. The van der Waals surface area contributed by atoms with E-state index in [1.54, 1.807) is 18.4 Å². The predicted molar refractivity (Wildman–Crippen MR) is 119 cm³/mol. The molecule has 3 aromatic heterocycles. The summed E-state index contributed by atoms with van der Waals surface area (Å²) < 4.78 is 6.70. The van der Waals surface area contributed by atoms with E-state index in [-0.39, 0.29) is 11.9 Å². The topological polar surface area (TPSA) is 127 Å². The van der Waals surface area contributed by atoms with Crippen molar-refractivity contribution in [1.29, 1.82) is 0 Å². The van der Waals surface area contributed by atoms with Gasteiger partial charge in [-0.15, -0.1) is 5.10 Å². The third kappa shape index (κ3) is 4.11. The summed E-state index contributed by atoms with van der Waals surface area (Å²) in [7, 11) is 0. The molecule has 1 aliphatic rings. The number of nitrogens with one attached hydrogen (secondary N) is 1. The van der Waals surface area contributed by atoms with E-state index in [1.807, 2.05) is 29.2 Å². The van der Waals surface area contributed by atoms with Crippen molar-refractivity contribution in [3.63, 3.8) is 0 Å². The molecule has 1 aliphatic heterocycles. The number of carbonyl (C=O) groups is 1. The van der Waals surface area contributed by atoms with Crippen LogP contribution in [0.5, 0.6) is 0 Å². The lowest BCUT2D eigenvalue weighted by atomic mass is 10.1. The van der Waals surface area contributed by atoms with Gasteiger partial charge < -0.3 is 20.4 Å². The van der Waals surface area contributed by atoms with Gasteiger partial charge in [-0.25, -0.2) is 0 Å². The fourth-order valence-electron chi connectivity index (χ4n) is 3.81. The highest BCUT2D eigenvalue weighted by atomic mass is 16.3. The first-order valence-corrected chi connectivity index (χ1v) is 10.7. The molecule has 0 spiro atoms. The molecule has 10 nitrogen and oxygen atoms in total. The average molecular weight is 432 g/mol. The predicted octanol–water partition coefficient (Wildman–Crippen LogP) is 2.64. The molecular weight excluding hydrogens is 408 g/mol. The minimum atomic E-state index is 0.119. The Balaban J connectivity index is 1.21. The van der Waals surface area contributed by atoms with Crippen LogP contribution in [0, 0.1) is 0 Å². The number of hydrogen-bond donors (Lipinski definition) is 2. The number of nitrogens with two attached hydrogens (primary N) is 1. The van der Waals surface area contributed by atoms with Gasteiger partial charge in [-0.2, -0.15) is 19.5 Å². The first-order valence-electron chi connectivity index (χ1n) is 10.7. The van der Waals surface area contributed by atoms with Crippen LogP contribution in [-0.4, -0.2) is 55.0 Å². The lowest BCUT2D eigenvalue weighted by Gasteiger charge is -2.26. The lowest BCUT2D eigenvalue weighted by molar-refractivity contribution is 0.0724. The summed E-state index contributed by atoms with van der Waals surface area (Å²) in [6.45, 7) is 2.31. The maximum absolute atomic E-state index is 12.6. The maximum Gasteiger partial charge on any atom is 0.259 e. The fourth-order valence-corrected chi connectivity index (χ4v) is 3.81. The van der Waals surface area contributed by atoms with Crippen LogP contribution in [0.4, 0.5) is 11.9 Å². The number of furan rings is 1. The Morgan fingerprint density at radius 2 is 1.88 bits per heavy atom. The van der Waals surface area contributed by atoms with Crippen molar-refractivity contribution in [2.45, 2.75) is 25.7 Å². The first kappa shape index (κ1) is 20.0. The van der Waals surface area contributed by atoms with Gasteiger partial charge in [0.2, 0.25) is 17.7 Å². The zero-order valence-corrected chi connectivity index (χ0v) is 17.6. The molecule has 164 valence electrons. The number of nitrogens with zero attached hydrogens (tertiary/aromatic N) is 6. The van der Waals surface area contributed by atoms with Crippen LogP contribution >= 0.6 is 0 Å². The standard InChI is InChI=1S/C22H24N8O2/c23-20-26-21(27-22-25-18(28-30(20)22)17-5-4-14-32-17)24-11-10-15-6-8-16(9-7-15)19(31)29-12-2-1-3-13-29/h4-9,14H,1-3,10-13H2,(H3,23,24,25,26,27,28). The van der Waals surface area contributed by atoms with Crippen LogP contribution in [0.25, 0.3) is 17.4 Å². The van der Waals surface area contributed by atoms with E-state index in [0.29, 0.717) is 29.9 Å². The molecule has 0 aliphatic carbocycles. The normalized spacial score (nSPS) is 14.1. The van der Waals surface area contributed by atoms with Crippen molar-refractivity contribution >= 4 is 23.6 Å². The molecule has 3 N–H and O–H groups in total. The molecule has 1 amide bonds. The summed E-state index contributed by atoms with van der Waals surface area (Å²) in [5.74, 6) is 1.95. The van der Waals surface area contributed by atoms with E-state index < -0.39 is 0 Å². The van der Waals surface area contributed by atoms with Gasteiger partial charge in [0.15, 0.2) is 5.76 Å². The second-order valence-electron chi connectivity index (χ2n) is 7.76. The molecule has 1 fully saturated rings. The second-order valence-corrected chi connectivity index (χ2v) is 7.76. The Morgan fingerprint density at radius 1 is 1.06 bits per heavy atom. The lowest BCUT2D eigenvalue weighted by Crippen LogP contribution is -2.35. The van der Waals surface area contributed by atoms with Crippen LogP contribution in [0.15, 0.2) is 47.1 Å². The molecule has 5 rings (SSSR count).